The molecule has 0 saturated carbocycles. The highest BCUT2D eigenvalue weighted by Crippen LogP contribution is 2.33. The Morgan fingerprint density at radius 2 is 2.00 bits per heavy atom. The van der Waals surface area contributed by atoms with Crippen LogP contribution in [0, 0.1) is 0 Å². The number of methoxy groups -OCH3 is 1. The van der Waals surface area contributed by atoms with Crippen molar-refractivity contribution in [3.8, 4) is 11.5 Å². The van der Waals surface area contributed by atoms with Gasteiger partial charge in [0.25, 0.3) is 0 Å². The lowest BCUT2D eigenvalue weighted by atomic mass is 10.2. The summed E-state index contributed by atoms with van der Waals surface area (Å²) in [6.45, 7) is -0.336. The largest absolute Gasteiger partial charge is 0.573 e. The number of carbonyl (C=O) groups is 1. The van der Waals surface area contributed by atoms with Crippen molar-refractivity contribution in [1.82, 2.24) is 0 Å². The van der Waals surface area contributed by atoms with E-state index in [0.717, 1.165) is 18.2 Å². The molecular weight excluding hydrogens is 257 g/mol. The quantitative estimate of drug-likeness (QED) is 0.828. The van der Waals surface area contributed by atoms with Crippen LogP contribution in [0.25, 0.3) is 0 Å². The molecule has 0 aliphatic rings. The number of ether oxygens (including phenoxy) is 3. The fourth-order valence-electron chi connectivity index (χ4n) is 1.09. The number of rotatable bonds is 5. The van der Waals surface area contributed by atoms with Gasteiger partial charge in [0.05, 0.1) is 5.56 Å². The van der Waals surface area contributed by atoms with Crippen molar-refractivity contribution in [1.29, 1.82) is 0 Å². The van der Waals surface area contributed by atoms with Gasteiger partial charge >= 0.3 is 12.3 Å². The van der Waals surface area contributed by atoms with E-state index in [1.54, 1.807) is 0 Å². The van der Waals surface area contributed by atoms with Crippen LogP contribution in [0.5, 0.6) is 11.5 Å². The zero-order chi connectivity index (χ0) is 13.8. The van der Waals surface area contributed by atoms with E-state index >= 15 is 0 Å². The molecule has 1 aromatic rings. The Balaban J connectivity index is 3.04. The summed E-state index contributed by atoms with van der Waals surface area (Å²) in [5.74, 6) is -2.30. The van der Waals surface area contributed by atoms with Crippen LogP contribution in [0.1, 0.15) is 10.4 Å². The van der Waals surface area contributed by atoms with Gasteiger partial charge in [-0.15, -0.1) is 13.2 Å². The molecule has 0 unspecified atom stereocenters. The third kappa shape index (κ3) is 4.13. The van der Waals surface area contributed by atoms with E-state index in [9.17, 15) is 18.0 Å². The van der Waals surface area contributed by atoms with Gasteiger partial charge < -0.3 is 19.3 Å². The van der Waals surface area contributed by atoms with E-state index < -0.39 is 18.1 Å². The van der Waals surface area contributed by atoms with E-state index in [-0.39, 0.29) is 18.1 Å². The Morgan fingerprint density at radius 3 is 2.50 bits per heavy atom. The number of benzene rings is 1. The number of carboxylic acid groups (broad SMARTS) is 1. The SMILES string of the molecule is COCOc1cc(C(=O)O)ccc1OC(F)(F)F. The first-order valence-electron chi connectivity index (χ1n) is 4.58. The van der Waals surface area contributed by atoms with Gasteiger partial charge in [-0.2, -0.15) is 0 Å². The van der Waals surface area contributed by atoms with Crippen LogP contribution in [0.4, 0.5) is 13.2 Å². The molecule has 0 bridgehead atoms. The van der Waals surface area contributed by atoms with Crippen LogP contribution >= 0.6 is 0 Å². The first-order chi connectivity index (χ1) is 8.33. The minimum atomic E-state index is -4.89. The molecule has 0 aromatic heterocycles. The molecule has 18 heavy (non-hydrogen) atoms. The molecule has 0 heterocycles. The maximum atomic E-state index is 12.1. The van der Waals surface area contributed by atoms with Crippen LogP contribution < -0.4 is 9.47 Å². The first-order valence-corrected chi connectivity index (χ1v) is 4.58. The van der Waals surface area contributed by atoms with Crippen molar-refractivity contribution in [3.63, 3.8) is 0 Å². The van der Waals surface area contributed by atoms with Gasteiger partial charge in [0.15, 0.2) is 18.3 Å². The van der Waals surface area contributed by atoms with Crippen LogP contribution in [-0.4, -0.2) is 31.3 Å². The van der Waals surface area contributed by atoms with Gasteiger partial charge in [-0.1, -0.05) is 0 Å². The Kier molecular flexibility index (Phi) is 4.38. The zero-order valence-corrected chi connectivity index (χ0v) is 9.15. The molecule has 0 spiro atoms. The van der Waals surface area contributed by atoms with Gasteiger partial charge in [-0.25, -0.2) is 4.79 Å². The summed E-state index contributed by atoms with van der Waals surface area (Å²) >= 11 is 0. The summed E-state index contributed by atoms with van der Waals surface area (Å²) in [7, 11) is 1.27. The standard InChI is InChI=1S/C10H9F3O5/c1-16-5-17-8-4-6(9(14)15)2-3-7(8)18-10(11,12)13/h2-4H,5H2,1H3,(H,14,15). The Morgan fingerprint density at radius 1 is 1.33 bits per heavy atom. The lowest BCUT2D eigenvalue weighted by Crippen LogP contribution is -2.18. The van der Waals surface area contributed by atoms with E-state index in [4.69, 9.17) is 9.84 Å². The smallest absolute Gasteiger partial charge is 0.478 e. The molecular formula is C10H9F3O5. The topological polar surface area (TPSA) is 65.0 Å². The van der Waals surface area contributed by atoms with Gasteiger partial charge in [0, 0.05) is 7.11 Å². The van der Waals surface area contributed by atoms with E-state index in [1.165, 1.54) is 7.11 Å². The summed E-state index contributed by atoms with van der Waals surface area (Å²) in [4.78, 5) is 10.7. The Hall–Kier alpha value is -1.96. The Labute approximate surface area is 99.7 Å². The predicted octanol–water partition coefficient (Wildman–Crippen LogP) is 2.27. The van der Waals surface area contributed by atoms with Crippen LogP contribution in [-0.2, 0) is 4.74 Å². The maximum absolute atomic E-state index is 12.1. The zero-order valence-electron chi connectivity index (χ0n) is 9.15. The second kappa shape index (κ2) is 5.58. The van der Waals surface area contributed by atoms with Crippen LogP contribution in [0.3, 0.4) is 0 Å². The fourth-order valence-corrected chi connectivity index (χ4v) is 1.09. The molecule has 100 valence electrons. The van der Waals surface area contributed by atoms with Crippen molar-refractivity contribution >= 4 is 5.97 Å². The predicted molar refractivity (Wildman–Crippen MR) is 52.6 cm³/mol. The maximum Gasteiger partial charge on any atom is 0.573 e. The monoisotopic (exact) mass is 266 g/mol. The number of hydrogen-bond acceptors (Lipinski definition) is 4. The summed E-state index contributed by atoms with van der Waals surface area (Å²) in [5, 5.41) is 8.71. The van der Waals surface area contributed by atoms with Gasteiger partial charge in [-0.05, 0) is 18.2 Å². The van der Waals surface area contributed by atoms with Gasteiger partial charge in [0.2, 0.25) is 0 Å². The number of alkyl halides is 3. The molecule has 8 heteroatoms. The van der Waals surface area contributed by atoms with Crippen molar-refractivity contribution in [2.75, 3.05) is 13.9 Å². The fraction of sp³-hybridized carbons (Fsp3) is 0.300. The first kappa shape index (κ1) is 14.1. The normalized spacial score (nSPS) is 11.1. The lowest BCUT2D eigenvalue weighted by Gasteiger charge is -2.14. The minimum Gasteiger partial charge on any atom is -0.478 e. The van der Waals surface area contributed by atoms with E-state index in [2.05, 4.69) is 9.47 Å². The molecule has 1 aromatic carbocycles. The molecule has 0 atom stereocenters. The lowest BCUT2D eigenvalue weighted by molar-refractivity contribution is -0.275. The average Bonchev–Trinajstić information content (AvgIpc) is 2.25. The second-order valence-corrected chi connectivity index (χ2v) is 3.07. The summed E-state index contributed by atoms with van der Waals surface area (Å²) < 4.78 is 49.3. The third-order valence-electron chi connectivity index (χ3n) is 1.75. The molecule has 0 aliphatic heterocycles. The minimum absolute atomic E-state index is 0.226. The molecule has 0 saturated heterocycles. The number of aromatic carboxylic acids is 1. The molecule has 0 aliphatic carbocycles. The molecule has 0 amide bonds. The van der Waals surface area contributed by atoms with Crippen molar-refractivity contribution in [2.45, 2.75) is 6.36 Å². The summed E-state index contributed by atoms with van der Waals surface area (Å²) in [6, 6.07) is 2.76. The molecule has 0 radical (unpaired) electrons. The molecule has 1 N–H and O–H groups in total. The molecule has 5 nitrogen and oxygen atoms in total. The highest BCUT2D eigenvalue weighted by atomic mass is 19.4. The van der Waals surface area contributed by atoms with Crippen molar-refractivity contribution in [2.24, 2.45) is 0 Å². The summed E-state index contributed by atoms with van der Waals surface area (Å²) in [6.07, 6.45) is -4.89. The van der Waals surface area contributed by atoms with Crippen molar-refractivity contribution < 1.29 is 37.3 Å². The number of halogens is 3. The van der Waals surface area contributed by atoms with Crippen LogP contribution in [0.15, 0.2) is 18.2 Å². The number of hydrogen-bond donors (Lipinski definition) is 1. The number of carboxylic acids is 1. The highest BCUT2D eigenvalue weighted by Gasteiger charge is 2.32. The molecule has 1 rings (SSSR count). The highest BCUT2D eigenvalue weighted by molar-refractivity contribution is 5.88. The van der Waals surface area contributed by atoms with Crippen molar-refractivity contribution in [3.05, 3.63) is 23.8 Å². The van der Waals surface area contributed by atoms with Gasteiger partial charge in [-0.3, -0.25) is 0 Å². The van der Waals surface area contributed by atoms with Crippen LogP contribution in [0.2, 0.25) is 0 Å². The second-order valence-electron chi connectivity index (χ2n) is 3.07. The molecule has 0 fully saturated rings. The summed E-state index contributed by atoms with van der Waals surface area (Å²) in [5.41, 5.74) is -0.226. The average molecular weight is 266 g/mol. The van der Waals surface area contributed by atoms with E-state index in [0.29, 0.717) is 0 Å². The third-order valence-corrected chi connectivity index (χ3v) is 1.75. The Bertz CT molecular complexity index is 430. The van der Waals surface area contributed by atoms with E-state index in [1.807, 2.05) is 0 Å². The van der Waals surface area contributed by atoms with Gasteiger partial charge in [0.1, 0.15) is 0 Å².